The normalized spacial score (nSPS) is 15.0. The Hall–Kier alpha value is -1.58. The molecule has 0 spiro atoms. The molecule has 2 aromatic heterocycles. The fourth-order valence-electron chi connectivity index (χ4n) is 2.70. The van der Waals surface area contributed by atoms with E-state index >= 15 is 0 Å². The second kappa shape index (κ2) is 5.08. The van der Waals surface area contributed by atoms with Crippen molar-refractivity contribution in [1.29, 1.82) is 0 Å². The molecule has 0 unspecified atom stereocenters. The molecule has 0 aliphatic heterocycles. The van der Waals surface area contributed by atoms with Crippen molar-refractivity contribution in [2.45, 2.75) is 32.0 Å². The van der Waals surface area contributed by atoms with Crippen LogP contribution in [0.3, 0.4) is 0 Å². The zero-order chi connectivity index (χ0) is 13.4. The molecule has 0 saturated heterocycles. The largest absolute Gasteiger partial charge is 0.343 e. The first-order chi connectivity index (χ1) is 9.90. The number of hydrogen-bond acceptors (Lipinski definition) is 2. The van der Waals surface area contributed by atoms with Gasteiger partial charge in [-0.2, -0.15) is 11.3 Å². The zero-order valence-corrected chi connectivity index (χ0v) is 12.2. The number of rotatable bonds is 5. The quantitative estimate of drug-likeness (QED) is 0.748. The molecule has 2 heterocycles. The lowest BCUT2D eigenvalue weighted by molar-refractivity contribution is 0.691. The molecular formula is C17H18N2S. The standard InChI is InChI=1S/C17H18N2S/c1-2-14(10-18-15-4-5-15)16-6-8-19(17(16)3-1)11-13-7-9-20-12-13/h1-3,6-9,12,15,18H,4-5,10-11H2. The fraction of sp³-hybridized carbons (Fsp3) is 0.294. The molecule has 1 aromatic carbocycles. The lowest BCUT2D eigenvalue weighted by Crippen LogP contribution is -2.15. The van der Waals surface area contributed by atoms with Gasteiger partial charge in [0.25, 0.3) is 0 Å². The molecule has 0 atom stereocenters. The second-order valence-electron chi connectivity index (χ2n) is 5.58. The van der Waals surface area contributed by atoms with Crippen LogP contribution in [0.1, 0.15) is 24.0 Å². The van der Waals surface area contributed by atoms with E-state index in [0.29, 0.717) is 0 Å². The van der Waals surface area contributed by atoms with Crippen LogP contribution in [0.2, 0.25) is 0 Å². The number of fused-ring (bicyclic) bond motifs is 1. The number of benzene rings is 1. The first-order valence-electron chi connectivity index (χ1n) is 7.21. The Labute approximate surface area is 123 Å². The molecule has 0 bridgehead atoms. The first kappa shape index (κ1) is 12.2. The van der Waals surface area contributed by atoms with E-state index in [0.717, 1.165) is 19.1 Å². The van der Waals surface area contributed by atoms with Crippen molar-refractivity contribution in [2.24, 2.45) is 0 Å². The molecule has 0 radical (unpaired) electrons. The summed E-state index contributed by atoms with van der Waals surface area (Å²) in [6.07, 6.45) is 4.90. The van der Waals surface area contributed by atoms with Crippen LogP contribution < -0.4 is 5.32 Å². The monoisotopic (exact) mass is 282 g/mol. The van der Waals surface area contributed by atoms with Gasteiger partial charge in [0.2, 0.25) is 0 Å². The van der Waals surface area contributed by atoms with Crippen LogP contribution in [0.4, 0.5) is 0 Å². The Balaban J connectivity index is 1.64. The highest BCUT2D eigenvalue weighted by Gasteiger charge is 2.20. The van der Waals surface area contributed by atoms with Crippen molar-refractivity contribution >= 4 is 22.2 Å². The molecule has 1 fully saturated rings. The molecule has 3 heteroatoms. The van der Waals surface area contributed by atoms with E-state index in [1.807, 2.05) is 0 Å². The van der Waals surface area contributed by atoms with Crippen LogP contribution in [0, 0.1) is 0 Å². The van der Waals surface area contributed by atoms with Gasteiger partial charge in [0.1, 0.15) is 0 Å². The molecular weight excluding hydrogens is 264 g/mol. The van der Waals surface area contributed by atoms with Crippen molar-refractivity contribution in [2.75, 3.05) is 0 Å². The van der Waals surface area contributed by atoms with Crippen LogP contribution in [0.5, 0.6) is 0 Å². The summed E-state index contributed by atoms with van der Waals surface area (Å²) in [5.41, 5.74) is 4.14. The summed E-state index contributed by atoms with van der Waals surface area (Å²) >= 11 is 1.76. The number of nitrogens with zero attached hydrogens (tertiary/aromatic N) is 1. The van der Waals surface area contributed by atoms with E-state index in [4.69, 9.17) is 0 Å². The molecule has 0 amide bonds. The summed E-state index contributed by atoms with van der Waals surface area (Å²) in [6, 6.07) is 11.9. The van der Waals surface area contributed by atoms with Crippen molar-refractivity contribution in [3.8, 4) is 0 Å². The van der Waals surface area contributed by atoms with Gasteiger partial charge in [-0.15, -0.1) is 0 Å². The average molecular weight is 282 g/mol. The zero-order valence-electron chi connectivity index (χ0n) is 11.4. The van der Waals surface area contributed by atoms with Gasteiger partial charge in [-0.25, -0.2) is 0 Å². The van der Waals surface area contributed by atoms with Crippen molar-refractivity contribution in [1.82, 2.24) is 9.88 Å². The van der Waals surface area contributed by atoms with Crippen molar-refractivity contribution < 1.29 is 0 Å². The highest BCUT2D eigenvalue weighted by molar-refractivity contribution is 7.07. The fourth-order valence-corrected chi connectivity index (χ4v) is 3.36. The van der Waals surface area contributed by atoms with E-state index in [2.05, 4.69) is 57.2 Å². The summed E-state index contributed by atoms with van der Waals surface area (Å²) in [5, 5.41) is 9.37. The molecule has 2 nitrogen and oxygen atoms in total. The summed E-state index contributed by atoms with van der Waals surface area (Å²) < 4.78 is 2.35. The highest BCUT2D eigenvalue weighted by Crippen LogP contribution is 2.24. The number of aromatic nitrogens is 1. The Kier molecular flexibility index (Phi) is 3.09. The number of thiophene rings is 1. The van der Waals surface area contributed by atoms with Gasteiger partial charge in [-0.1, -0.05) is 12.1 Å². The van der Waals surface area contributed by atoms with Gasteiger partial charge < -0.3 is 9.88 Å². The Bertz CT molecular complexity index is 708. The third-order valence-electron chi connectivity index (χ3n) is 4.00. The molecule has 3 aromatic rings. The predicted molar refractivity (Wildman–Crippen MR) is 85.2 cm³/mol. The Morgan fingerprint density at radius 2 is 2.15 bits per heavy atom. The minimum Gasteiger partial charge on any atom is -0.343 e. The summed E-state index contributed by atoms with van der Waals surface area (Å²) in [5.74, 6) is 0. The molecule has 1 saturated carbocycles. The molecule has 1 N–H and O–H groups in total. The smallest absolute Gasteiger partial charge is 0.0486 e. The van der Waals surface area contributed by atoms with E-state index in [9.17, 15) is 0 Å². The topological polar surface area (TPSA) is 17.0 Å². The molecule has 1 aliphatic carbocycles. The average Bonchev–Trinajstić information content (AvgIpc) is 2.99. The van der Waals surface area contributed by atoms with E-state index in [-0.39, 0.29) is 0 Å². The van der Waals surface area contributed by atoms with Crippen molar-refractivity contribution in [3.63, 3.8) is 0 Å². The maximum absolute atomic E-state index is 3.61. The maximum atomic E-state index is 3.61. The summed E-state index contributed by atoms with van der Waals surface area (Å²) in [6.45, 7) is 1.96. The van der Waals surface area contributed by atoms with E-state index in [1.54, 1.807) is 11.3 Å². The Morgan fingerprint density at radius 1 is 1.20 bits per heavy atom. The lowest BCUT2D eigenvalue weighted by atomic mass is 10.1. The number of hydrogen-bond donors (Lipinski definition) is 1. The number of nitrogens with one attached hydrogen (secondary N) is 1. The van der Waals surface area contributed by atoms with Gasteiger partial charge in [0.15, 0.2) is 0 Å². The van der Waals surface area contributed by atoms with Gasteiger partial charge >= 0.3 is 0 Å². The van der Waals surface area contributed by atoms with Gasteiger partial charge in [0, 0.05) is 36.2 Å². The third-order valence-corrected chi connectivity index (χ3v) is 4.73. The summed E-state index contributed by atoms with van der Waals surface area (Å²) in [7, 11) is 0. The van der Waals surface area contributed by atoms with Crippen LogP contribution in [0.25, 0.3) is 10.9 Å². The first-order valence-corrected chi connectivity index (χ1v) is 8.15. The lowest BCUT2D eigenvalue weighted by Gasteiger charge is -2.07. The highest BCUT2D eigenvalue weighted by atomic mass is 32.1. The second-order valence-corrected chi connectivity index (χ2v) is 6.36. The van der Waals surface area contributed by atoms with Crippen LogP contribution >= 0.6 is 11.3 Å². The maximum Gasteiger partial charge on any atom is 0.0486 e. The Morgan fingerprint density at radius 3 is 2.95 bits per heavy atom. The summed E-state index contributed by atoms with van der Waals surface area (Å²) in [4.78, 5) is 0. The van der Waals surface area contributed by atoms with E-state index < -0.39 is 0 Å². The molecule has 4 rings (SSSR count). The molecule has 1 aliphatic rings. The van der Waals surface area contributed by atoms with Gasteiger partial charge in [-0.3, -0.25) is 0 Å². The van der Waals surface area contributed by atoms with Gasteiger partial charge in [-0.05, 0) is 52.9 Å². The SMILES string of the molecule is c1cc(CNC2CC2)c2ccn(Cc3ccsc3)c2c1. The minimum absolute atomic E-state index is 0.762. The molecule has 20 heavy (non-hydrogen) atoms. The third kappa shape index (κ3) is 2.39. The minimum atomic E-state index is 0.762. The van der Waals surface area contributed by atoms with Crippen molar-refractivity contribution in [3.05, 3.63) is 58.4 Å². The van der Waals surface area contributed by atoms with Crippen LogP contribution in [0.15, 0.2) is 47.3 Å². The van der Waals surface area contributed by atoms with Gasteiger partial charge in [0.05, 0.1) is 0 Å². The van der Waals surface area contributed by atoms with Crippen LogP contribution in [-0.4, -0.2) is 10.6 Å². The van der Waals surface area contributed by atoms with E-state index in [1.165, 1.54) is 34.9 Å². The molecule has 102 valence electrons. The predicted octanol–water partition coefficient (Wildman–Crippen LogP) is 4.00. The van der Waals surface area contributed by atoms with Crippen LogP contribution in [-0.2, 0) is 13.1 Å².